The van der Waals surface area contributed by atoms with Gasteiger partial charge in [0.2, 0.25) is 0 Å². The van der Waals surface area contributed by atoms with Crippen LogP contribution in [0.1, 0.15) is 58.6 Å². The summed E-state index contributed by atoms with van der Waals surface area (Å²) in [4.78, 5) is 4.69. The third-order valence-electron chi connectivity index (χ3n) is 4.74. The molecule has 1 aromatic rings. The van der Waals surface area contributed by atoms with Gasteiger partial charge in [-0.2, -0.15) is 0 Å². The van der Waals surface area contributed by atoms with Gasteiger partial charge in [-0.1, -0.05) is 45.6 Å². The molecule has 1 unspecified atom stereocenters. The highest BCUT2D eigenvalue weighted by Crippen LogP contribution is 2.37. The zero-order valence-corrected chi connectivity index (χ0v) is 16.9. The summed E-state index contributed by atoms with van der Waals surface area (Å²) in [6.45, 7) is 16.2. The van der Waals surface area contributed by atoms with Crippen LogP contribution < -0.4 is 5.32 Å². The summed E-state index contributed by atoms with van der Waals surface area (Å²) in [5.41, 5.74) is 5.09. The monoisotopic (exact) mass is 354 g/mol. The summed E-state index contributed by atoms with van der Waals surface area (Å²) < 4.78 is 14.9. The van der Waals surface area contributed by atoms with Crippen molar-refractivity contribution < 1.29 is 4.39 Å². The van der Waals surface area contributed by atoms with E-state index in [-0.39, 0.29) is 17.3 Å². The second-order valence-corrected chi connectivity index (χ2v) is 8.24. The first kappa shape index (κ1) is 20.2. The molecular formula is C23H31FN2. The maximum atomic E-state index is 14.9. The van der Waals surface area contributed by atoms with Crippen LogP contribution in [-0.4, -0.2) is 11.8 Å². The number of aliphatic imine (C=N–C) groups is 1. The molecule has 2 rings (SSSR count). The molecule has 0 radical (unpaired) electrons. The van der Waals surface area contributed by atoms with Crippen LogP contribution in [0.3, 0.4) is 0 Å². The molecule has 1 heterocycles. The molecule has 0 bridgehead atoms. The molecule has 1 aromatic carbocycles. The maximum absolute atomic E-state index is 14.9. The van der Waals surface area contributed by atoms with Gasteiger partial charge in [0.05, 0.1) is 5.70 Å². The van der Waals surface area contributed by atoms with Crippen LogP contribution in [0, 0.1) is 18.2 Å². The minimum absolute atomic E-state index is 0.0866. The highest BCUT2D eigenvalue weighted by atomic mass is 19.1. The molecule has 0 saturated carbocycles. The number of halogens is 1. The van der Waals surface area contributed by atoms with E-state index in [0.717, 1.165) is 35.5 Å². The zero-order chi connectivity index (χ0) is 19.5. The van der Waals surface area contributed by atoms with Crippen molar-refractivity contribution in [2.45, 2.75) is 60.4 Å². The molecule has 26 heavy (non-hydrogen) atoms. The Morgan fingerprint density at radius 3 is 2.58 bits per heavy atom. The maximum Gasteiger partial charge on any atom is 0.135 e. The SMILES string of the molecule is C=C/C=C(\N=C(C)C)C1=C(c2cccc(C)c2F)NC(C(C)(C)C)CC1. The van der Waals surface area contributed by atoms with E-state index in [4.69, 9.17) is 4.99 Å². The van der Waals surface area contributed by atoms with E-state index in [9.17, 15) is 4.39 Å². The van der Waals surface area contributed by atoms with E-state index in [1.165, 1.54) is 0 Å². The predicted octanol–water partition coefficient (Wildman–Crippen LogP) is 6.19. The summed E-state index contributed by atoms with van der Waals surface area (Å²) in [5.74, 6) is -0.169. The van der Waals surface area contributed by atoms with Crippen LogP contribution in [-0.2, 0) is 0 Å². The number of nitrogens with zero attached hydrogens (tertiary/aromatic N) is 1. The van der Waals surface area contributed by atoms with Crippen molar-refractivity contribution in [2.75, 3.05) is 0 Å². The minimum atomic E-state index is -0.169. The molecule has 1 aliphatic heterocycles. The lowest BCUT2D eigenvalue weighted by atomic mass is 9.79. The number of hydrogen-bond donors (Lipinski definition) is 1. The molecule has 3 heteroatoms. The molecule has 0 saturated heterocycles. The van der Waals surface area contributed by atoms with Crippen LogP contribution in [0.5, 0.6) is 0 Å². The number of hydrogen-bond acceptors (Lipinski definition) is 2. The lowest BCUT2D eigenvalue weighted by Gasteiger charge is -2.38. The fourth-order valence-corrected chi connectivity index (χ4v) is 3.29. The van der Waals surface area contributed by atoms with E-state index in [1.807, 2.05) is 32.1 Å². The van der Waals surface area contributed by atoms with Crippen LogP contribution in [0.25, 0.3) is 5.70 Å². The molecule has 0 aliphatic carbocycles. The highest BCUT2D eigenvalue weighted by molar-refractivity contribution is 5.82. The summed E-state index contributed by atoms with van der Waals surface area (Å²) in [5, 5.41) is 3.64. The van der Waals surface area contributed by atoms with E-state index in [0.29, 0.717) is 11.1 Å². The van der Waals surface area contributed by atoms with Gasteiger partial charge in [-0.05, 0) is 56.7 Å². The second-order valence-electron chi connectivity index (χ2n) is 8.24. The van der Waals surface area contributed by atoms with Crippen molar-refractivity contribution in [3.63, 3.8) is 0 Å². The number of allylic oxidation sites excluding steroid dienone is 3. The molecule has 0 fully saturated rings. The van der Waals surface area contributed by atoms with Crippen molar-refractivity contribution in [1.82, 2.24) is 5.32 Å². The first-order chi connectivity index (χ1) is 12.1. The molecule has 2 nitrogen and oxygen atoms in total. The molecule has 0 amide bonds. The molecule has 1 aliphatic rings. The van der Waals surface area contributed by atoms with Gasteiger partial charge in [0.1, 0.15) is 5.82 Å². The quantitative estimate of drug-likeness (QED) is 0.505. The second kappa shape index (κ2) is 8.03. The van der Waals surface area contributed by atoms with Crippen molar-refractivity contribution in [1.29, 1.82) is 0 Å². The van der Waals surface area contributed by atoms with Gasteiger partial charge in [-0.25, -0.2) is 4.39 Å². The molecule has 0 spiro atoms. The standard InChI is InChI=1S/C23H31FN2/c1-8-10-19(25-15(2)3)17-13-14-20(23(5,6)7)26-22(17)18-12-9-11-16(4)21(18)24/h8-12,20,26H,1,13-14H2,2-7H3/b19-10-. The van der Waals surface area contributed by atoms with Crippen molar-refractivity contribution >= 4 is 11.4 Å². The van der Waals surface area contributed by atoms with Crippen molar-refractivity contribution in [3.05, 3.63) is 65.1 Å². The number of rotatable bonds is 4. The van der Waals surface area contributed by atoms with Crippen LogP contribution in [0.15, 0.2) is 53.2 Å². The average Bonchev–Trinajstić information content (AvgIpc) is 2.55. The Morgan fingerprint density at radius 2 is 2.00 bits per heavy atom. The Morgan fingerprint density at radius 1 is 1.31 bits per heavy atom. The third-order valence-corrected chi connectivity index (χ3v) is 4.74. The third kappa shape index (κ3) is 4.51. The minimum Gasteiger partial charge on any atom is -0.381 e. The first-order valence-corrected chi connectivity index (χ1v) is 9.25. The molecular weight excluding hydrogens is 323 g/mol. The number of nitrogens with one attached hydrogen (secondary N) is 1. The molecule has 1 N–H and O–H groups in total. The van der Waals surface area contributed by atoms with E-state index >= 15 is 0 Å². The largest absolute Gasteiger partial charge is 0.381 e. The van der Waals surface area contributed by atoms with E-state index < -0.39 is 0 Å². The summed E-state index contributed by atoms with van der Waals surface area (Å²) in [6.07, 6.45) is 5.50. The topological polar surface area (TPSA) is 24.4 Å². The van der Waals surface area contributed by atoms with Gasteiger partial charge >= 0.3 is 0 Å². The molecule has 140 valence electrons. The van der Waals surface area contributed by atoms with Crippen molar-refractivity contribution in [3.8, 4) is 0 Å². The fourth-order valence-electron chi connectivity index (χ4n) is 3.29. The Labute approximate surface area is 157 Å². The predicted molar refractivity (Wildman–Crippen MR) is 111 cm³/mol. The summed E-state index contributed by atoms with van der Waals surface area (Å²) in [7, 11) is 0. The summed E-state index contributed by atoms with van der Waals surface area (Å²) >= 11 is 0. The van der Waals surface area contributed by atoms with Gasteiger partial charge in [-0.15, -0.1) is 0 Å². The molecule has 1 atom stereocenters. The Balaban J connectivity index is 2.69. The highest BCUT2D eigenvalue weighted by Gasteiger charge is 2.31. The Bertz CT molecular complexity index is 772. The summed E-state index contributed by atoms with van der Waals surface area (Å²) in [6, 6.07) is 5.84. The van der Waals surface area contributed by atoms with Crippen LogP contribution >= 0.6 is 0 Å². The van der Waals surface area contributed by atoms with Gasteiger partial charge in [0.15, 0.2) is 0 Å². The smallest absolute Gasteiger partial charge is 0.135 e. The van der Waals surface area contributed by atoms with Gasteiger partial charge < -0.3 is 5.32 Å². The van der Waals surface area contributed by atoms with E-state index in [2.05, 4.69) is 32.7 Å². The van der Waals surface area contributed by atoms with Crippen LogP contribution in [0.2, 0.25) is 0 Å². The number of benzene rings is 1. The van der Waals surface area contributed by atoms with E-state index in [1.54, 1.807) is 19.1 Å². The van der Waals surface area contributed by atoms with Gasteiger partial charge in [-0.3, -0.25) is 4.99 Å². The van der Waals surface area contributed by atoms with Crippen molar-refractivity contribution in [2.24, 2.45) is 10.4 Å². The zero-order valence-electron chi connectivity index (χ0n) is 16.9. The fraction of sp³-hybridized carbons (Fsp3) is 0.435. The Hall–Kier alpha value is -2.16. The lowest BCUT2D eigenvalue weighted by Crippen LogP contribution is -2.42. The van der Waals surface area contributed by atoms with Gasteiger partial charge in [0, 0.05) is 28.6 Å². The first-order valence-electron chi connectivity index (χ1n) is 9.25. The van der Waals surface area contributed by atoms with Crippen LogP contribution in [0.4, 0.5) is 4.39 Å². The normalized spacial score (nSPS) is 18.4. The lowest BCUT2D eigenvalue weighted by molar-refractivity contribution is 0.272. The average molecular weight is 355 g/mol. The van der Waals surface area contributed by atoms with Gasteiger partial charge in [0.25, 0.3) is 0 Å². The Kier molecular flexibility index (Phi) is 6.22. The number of aryl methyl sites for hydroxylation is 1. The molecule has 0 aromatic heterocycles.